The van der Waals surface area contributed by atoms with E-state index in [-0.39, 0.29) is 24.1 Å². The summed E-state index contributed by atoms with van der Waals surface area (Å²) in [7, 11) is 1.60. The second kappa shape index (κ2) is 10.1. The second-order valence-corrected chi connectivity index (χ2v) is 6.76. The molecule has 0 bridgehead atoms. The standard InChI is InChI=1S/C19H30N4O3/c1-14-12-23(13-15(2)26-14)9-5-8-21-19(25)22-11-16-6-4-7-17(10-16)18(24)20-3/h4,6-7,10,14-15H,5,8-9,11-13H2,1-3H3,(H,20,24)(H2,21,22,25). The van der Waals surface area contributed by atoms with Gasteiger partial charge in [0.2, 0.25) is 0 Å². The molecule has 1 aromatic rings. The molecule has 1 aliphatic heterocycles. The molecule has 2 rings (SSSR count). The topological polar surface area (TPSA) is 82.7 Å². The summed E-state index contributed by atoms with van der Waals surface area (Å²) in [5.74, 6) is -0.136. The first-order valence-corrected chi connectivity index (χ1v) is 9.18. The molecule has 1 aliphatic rings. The first-order valence-electron chi connectivity index (χ1n) is 9.18. The Kier molecular flexibility index (Phi) is 7.87. The third kappa shape index (κ3) is 6.65. The molecule has 0 aliphatic carbocycles. The lowest BCUT2D eigenvalue weighted by Crippen LogP contribution is -2.46. The second-order valence-electron chi connectivity index (χ2n) is 6.76. The highest BCUT2D eigenvalue weighted by Gasteiger charge is 2.21. The van der Waals surface area contributed by atoms with Crippen LogP contribution in [-0.4, -0.2) is 62.3 Å². The number of benzene rings is 1. The van der Waals surface area contributed by atoms with E-state index in [4.69, 9.17) is 4.74 Å². The van der Waals surface area contributed by atoms with Crippen LogP contribution in [0.15, 0.2) is 24.3 Å². The number of rotatable bonds is 7. The quantitative estimate of drug-likeness (QED) is 0.640. The van der Waals surface area contributed by atoms with Gasteiger partial charge in [-0.15, -0.1) is 0 Å². The normalized spacial score (nSPS) is 20.4. The van der Waals surface area contributed by atoms with Crippen LogP contribution in [0.25, 0.3) is 0 Å². The maximum absolute atomic E-state index is 11.9. The lowest BCUT2D eigenvalue weighted by Gasteiger charge is -2.35. The van der Waals surface area contributed by atoms with E-state index in [1.165, 1.54) is 0 Å². The predicted molar refractivity (Wildman–Crippen MR) is 101 cm³/mol. The molecule has 7 nitrogen and oxygen atoms in total. The average Bonchev–Trinajstić information content (AvgIpc) is 2.62. The minimum atomic E-state index is -0.195. The zero-order valence-corrected chi connectivity index (χ0v) is 15.9. The number of morpholine rings is 1. The molecular weight excluding hydrogens is 332 g/mol. The van der Waals surface area contributed by atoms with Gasteiger partial charge in [-0.3, -0.25) is 9.69 Å². The molecule has 0 spiro atoms. The highest BCUT2D eigenvalue weighted by Crippen LogP contribution is 2.10. The Bertz CT molecular complexity index is 598. The smallest absolute Gasteiger partial charge is 0.315 e. The maximum atomic E-state index is 11.9. The Morgan fingerprint density at radius 3 is 2.62 bits per heavy atom. The van der Waals surface area contributed by atoms with E-state index < -0.39 is 0 Å². The Morgan fingerprint density at radius 1 is 1.19 bits per heavy atom. The highest BCUT2D eigenvalue weighted by atomic mass is 16.5. The van der Waals surface area contributed by atoms with Crippen LogP contribution < -0.4 is 16.0 Å². The van der Waals surface area contributed by atoms with Crippen LogP contribution in [0.1, 0.15) is 36.2 Å². The number of ether oxygens (including phenoxy) is 1. The van der Waals surface area contributed by atoms with Crippen LogP contribution in [0.2, 0.25) is 0 Å². The fourth-order valence-corrected chi connectivity index (χ4v) is 3.18. The minimum absolute atomic E-state index is 0.136. The number of urea groups is 1. The van der Waals surface area contributed by atoms with Crippen molar-refractivity contribution in [3.8, 4) is 0 Å². The molecule has 1 fully saturated rings. The van der Waals surface area contributed by atoms with Crippen molar-refractivity contribution in [2.24, 2.45) is 0 Å². The molecule has 1 heterocycles. The fourth-order valence-electron chi connectivity index (χ4n) is 3.18. The van der Waals surface area contributed by atoms with Gasteiger partial charge >= 0.3 is 6.03 Å². The van der Waals surface area contributed by atoms with Crippen molar-refractivity contribution >= 4 is 11.9 Å². The number of carbonyl (C=O) groups excluding carboxylic acids is 2. The van der Waals surface area contributed by atoms with Crippen molar-refractivity contribution in [2.75, 3.05) is 33.2 Å². The zero-order valence-electron chi connectivity index (χ0n) is 15.9. The number of nitrogens with one attached hydrogen (secondary N) is 3. The molecule has 0 saturated carbocycles. The summed E-state index contributed by atoms with van der Waals surface area (Å²) in [5.41, 5.74) is 1.47. The van der Waals surface area contributed by atoms with E-state index in [1.54, 1.807) is 19.2 Å². The molecule has 7 heteroatoms. The average molecular weight is 362 g/mol. The van der Waals surface area contributed by atoms with Crippen molar-refractivity contribution < 1.29 is 14.3 Å². The van der Waals surface area contributed by atoms with Gasteiger partial charge in [0.1, 0.15) is 0 Å². The predicted octanol–water partition coefficient (Wildman–Crippen LogP) is 1.34. The summed E-state index contributed by atoms with van der Waals surface area (Å²) in [5, 5.41) is 8.29. The first kappa shape index (κ1) is 20.2. The Hall–Kier alpha value is -2.12. The lowest BCUT2D eigenvalue weighted by atomic mass is 10.1. The molecule has 2 unspecified atom stereocenters. The van der Waals surface area contributed by atoms with Crippen LogP contribution >= 0.6 is 0 Å². The lowest BCUT2D eigenvalue weighted by molar-refractivity contribution is -0.0679. The van der Waals surface area contributed by atoms with Gasteiger partial charge in [0, 0.05) is 45.3 Å². The largest absolute Gasteiger partial charge is 0.373 e. The van der Waals surface area contributed by atoms with Crippen molar-refractivity contribution in [3.63, 3.8) is 0 Å². The summed E-state index contributed by atoms with van der Waals surface area (Å²) >= 11 is 0. The zero-order chi connectivity index (χ0) is 18.9. The number of hydrogen-bond donors (Lipinski definition) is 3. The highest BCUT2D eigenvalue weighted by molar-refractivity contribution is 5.94. The summed E-state index contributed by atoms with van der Waals surface area (Å²) in [6, 6.07) is 7.02. The Morgan fingerprint density at radius 2 is 1.92 bits per heavy atom. The molecule has 26 heavy (non-hydrogen) atoms. The molecule has 3 amide bonds. The number of hydrogen-bond acceptors (Lipinski definition) is 4. The Labute approximate surface area is 155 Å². The van der Waals surface area contributed by atoms with Gasteiger partial charge in [-0.1, -0.05) is 12.1 Å². The van der Waals surface area contributed by atoms with Crippen molar-refractivity contribution in [3.05, 3.63) is 35.4 Å². The molecule has 1 aromatic carbocycles. The van der Waals surface area contributed by atoms with Crippen molar-refractivity contribution in [1.82, 2.24) is 20.9 Å². The molecule has 3 N–H and O–H groups in total. The van der Waals surface area contributed by atoms with E-state index in [2.05, 4.69) is 34.7 Å². The molecular formula is C19H30N4O3. The van der Waals surface area contributed by atoms with E-state index in [0.29, 0.717) is 18.7 Å². The third-order valence-electron chi connectivity index (χ3n) is 4.30. The van der Waals surface area contributed by atoms with Crippen LogP contribution in [0.5, 0.6) is 0 Å². The van der Waals surface area contributed by atoms with Gasteiger partial charge in [-0.05, 0) is 38.0 Å². The van der Waals surface area contributed by atoms with Crippen LogP contribution in [-0.2, 0) is 11.3 Å². The fraction of sp³-hybridized carbons (Fsp3) is 0.579. The number of carbonyl (C=O) groups is 2. The van der Waals surface area contributed by atoms with Gasteiger partial charge in [-0.2, -0.15) is 0 Å². The molecule has 144 valence electrons. The van der Waals surface area contributed by atoms with Crippen LogP contribution in [0, 0.1) is 0 Å². The third-order valence-corrected chi connectivity index (χ3v) is 4.30. The van der Waals surface area contributed by atoms with Crippen LogP contribution in [0.3, 0.4) is 0 Å². The van der Waals surface area contributed by atoms with E-state index in [0.717, 1.165) is 31.6 Å². The van der Waals surface area contributed by atoms with E-state index in [9.17, 15) is 9.59 Å². The van der Waals surface area contributed by atoms with Crippen molar-refractivity contribution in [2.45, 2.75) is 39.0 Å². The summed E-state index contributed by atoms with van der Waals surface area (Å²) in [6.45, 7) is 8.03. The van der Waals surface area contributed by atoms with E-state index >= 15 is 0 Å². The van der Waals surface area contributed by atoms with Gasteiger partial charge in [0.05, 0.1) is 12.2 Å². The monoisotopic (exact) mass is 362 g/mol. The molecule has 0 aromatic heterocycles. The Balaban J connectivity index is 1.64. The van der Waals surface area contributed by atoms with Gasteiger partial charge in [0.15, 0.2) is 0 Å². The molecule has 1 saturated heterocycles. The number of nitrogens with zero attached hydrogens (tertiary/aromatic N) is 1. The van der Waals surface area contributed by atoms with E-state index in [1.807, 2.05) is 12.1 Å². The maximum Gasteiger partial charge on any atom is 0.315 e. The number of amides is 3. The van der Waals surface area contributed by atoms with Crippen LogP contribution in [0.4, 0.5) is 4.79 Å². The SMILES string of the molecule is CNC(=O)c1cccc(CNC(=O)NCCCN2CC(C)OC(C)C2)c1. The summed E-state index contributed by atoms with van der Waals surface area (Å²) < 4.78 is 5.72. The van der Waals surface area contributed by atoms with Crippen molar-refractivity contribution in [1.29, 1.82) is 0 Å². The molecule has 0 radical (unpaired) electrons. The minimum Gasteiger partial charge on any atom is -0.373 e. The van der Waals surface area contributed by atoms with Gasteiger partial charge < -0.3 is 20.7 Å². The van der Waals surface area contributed by atoms with Gasteiger partial charge in [0.25, 0.3) is 5.91 Å². The summed E-state index contributed by atoms with van der Waals surface area (Å²) in [6.07, 6.45) is 1.43. The first-order chi connectivity index (χ1) is 12.5. The molecule has 2 atom stereocenters. The summed E-state index contributed by atoms with van der Waals surface area (Å²) in [4.78, 5) is 25.9. The van der Waals surface area contributed by atoms with Gasteiger partial charge in [-0.25, -0.2) is 4.79 Å².